The molecule has 0 fully saturated rings. The van der Waals surface area contributed by atoms with Gasteiger partial charge in [-0.1, -0.05) is 0 Å². The van der Waals surface area contributed by atoms with Crippen LogP contribution in [0, 0.1) is 6.20 Å². The third kappa shape index (κ3) is 1.55. The van der Waals surface area contributed by atoms with Crippen molar-refractivity contribution in [3.63, 3.8) is 0 Å². The molecule has 3 heteroatoms. The molecule has 0 aromatic heterocycles. The van der Waals surface area contributed by atoms with Crippen molar-refractivity contribution in [3.8, 4) is 0 Å². The van der Waals surface area contributed by atoms with E-state index >= 15 is 0 Å². The first-order valence-corrected chi connectivity index (χ1v) is 4.56. The van der Waals surface area contributed by atoms with Crippen LogP contribution in [0.4, 0.5) is 11.4 Å². The molecule has 1 heterocycles. The number of anilines is 2. The zero-order chi connectivity index (χ0) is 9.97. The number of nitrogens with zero attached hydrogens (tertiary/aromatic N) is 1. The van der Waals surface area contributed by atoms with Crippen LogP contribution in [0.1, 0.15) is 5.56 Å². The Morgan fingerprint density at radius 3 is 3.14 bits per heavy atom. The maximum atomic E-state index is 5.69. The molecule has 3 nitrogen and oxygen atoms in total. The predicted octanol–water partition coefficient (Wildman–Crippen LogP) is 1.51. The van der Waals surface area contributed by atoms with Crippen LogP contribution < -0.4 is 10.6 Å². The molecule has 0 amide bonds. The maximum absolute atomic E-state index is 5.69. The second kappa shape index (κ2) is 3.66. The fourth-order valence-electron chi connectivity index (χ4n) is 1.52. The van der Waals surface area contributed by atoms with Crippen LogP contribution in [0.25, 0.3) is 6.08 Å². The first-order valence-electron chi connectivity index (χ1n) is 4.56. The van der Waals surface area contributed by atoms with Crippen LogP contribution in [0.5, 0.6) is 0 Å². The van der Waals surface area contributed by atoms with Gasteiger partial charge in [0.15, 0.2) is 5.56 Å². The van der Waals surface area contributed by atoms with E-state index in [0.717, 1.165) is 23.5 Å². The molecule has 0 aliphatic carbocycles. The van der Waals surface area contributed by atoms with Crippen molar-refractivity contribution < 1.29 is 4.74 Å². The molecule has 0 spiro atoms. The number of ether oxygens (including phenoxy) is 1. The van der Waals surface area contributed by atoms with Crippen molar-refractivity contribution in [1.29, 1.82) is 0 Å². The van der Waals surface area contributed by atoms with E-state index in [1.807, 2.05) is 29.2 Å². The lowest BCUT2D eigenvalue weighted by Gasteiger charge is -2.06. The smallest absolute Gasteiger partial charge is 0.201 e. The van der Waals surface area contributed by atoms with Gasteiger partial charge in [0, 0.05) is 24.9 Å². The molecule has 2 rings (SSSR count). The number of nitrogens with two attached hydrogens (primary N) is 1. The third-order valence-electron chi connectivity index (χ3n) is 2.24. The molecule has 2 N–H and O–H groups in total. The minimum Gasteiger partial charge on any atom is -0.398 e. The van der Waals surface area contributed by atoms with Crippen LogP contribution in [-0.2, 0) is 4.74 Å². The zero-order valence-corrected chi connectivity index (χ0v) is 8.16. The normalized spacial score (nSPS) is 12.8. The Hall–Kier alpha value is -1.57. The molecule has 0 unspecified atom stereocenters. The molecule has 0 bridgehead atoms. The van der Waals surface area contributed by atoms with Crippen molar-refractivity contribution in [2.24, 2.45) is 0 Å². The molecule has 1 aromatic rings. The highest BCUT2D eigenvalue weighted by Crippen LogP contribution is 2.29. The van der Waals surface area contributed by atoms with Gasteiger partial charge in [-0.15, -0.1) is 0 Å². The van der Waals surface area contributed by atoms with Gasteiger partial charge in [-0.3, -0.25) is 0 Å². The van der Waals surface area contributed by atoms with Gasteiger partial charge in [0.25, 0.3) is 0 Å². The number of rotatable bonds is 3. The highest BCUT2D eigenvalue weighted by atomic mass is 16.5. The molecule has 0 saturated carbocycles. The molecule has 72 valence electrons. The van der Waals surface area contributed by atoms with E-state index in [-0.39, 0.29) is 0 Å². The molecule has 0 saturated heterocycles. The van der Waals surface area contributed by atoms with Gasteiger partial charge in [-0.05, 0) is 6.07 Å². The van der Waals surface area contributed by atoms with Gasteiger partial charge in [0.1, 0.15) is 12.3 Å². The summed E-state index contributed by atoms with van der Waals surface area (Å²) in [7, 11) is 1.70. The second-order valence-corrected chi connectivity index (χ2v) is 3.24. The summed E-state index contributed by atoms with van der Waals surface area (Å²) in [5.41, 5.74) is 8.75. The van der Waals surface area contributed by atoms with Crippen molar-refractivity contribution >= 4 is 17.5 Å². The Morgan fingerprint density at radius 2 is 2.36 bits per heavy atom. The molecule has 0 radical (unpaired) electrons. The second-order valence-electron chi connectivity index (χ2n) is 3.24. The summed E-state index contributed by atoms with van der Waals surface area (Å²) >= 11 is 0. The minimum absolute atomic E-state index is 0.699. The van der Waals surface area contributed by atoms with Crippen LogP contribution >= 0.6 is 0 Å². The van der Waals surface area contributed by atoms with E-state index in [4.69, 9.17) is 10.5 Å². The van der Waals surface area contributed by atoms with Crippen LogP contribution in [-0.4, -0.2) is 20.3 Å². The molecule has 1 aliphatic heterocycles. The van der Waals surface area contributed by atoms with E-state index in [9.17, 15) is 0 Å². The monoisotopic (exact) mass is 189 g/mol. The Labute approximate surface area is 83.8 Å². The molecular weight excluding hydrogens is 176 g/mol. The van der Waals surface area contributed by atoms with E-state index in [2.05, 4.69) is 6.20 Å². The average molecular weight is 189 g/mol. The third-order valence-corrected chi connectivity index (χ3v) is 2.24. The summed E-state index contributed by atoms with van der Waals surface area (Å²) in [6.07, 6.45) is 5.10. The average Bonchev–Trinajstić information content (AvgIpc) is 2.57. The first-order chi connectivity index (χ1) is 6.81. The molecule has 14 heavy (non-hydrogen) atoms. The van der Waals surface area contributed by atoms with Crippen molar-refractivity contribution in [1.82, 2.24) is 0 Å². The highest BCUT2D eigenvalue weighted by molar-refractivity contribution is 5.76. The van der Waals surface area contributed by atoms with E-state index in [1.165, 1.54) is 0 Å². The summed E-state index contributed by atoms with van der Waals surface area (Å²) in [4.78, 5) is 2.04. The van der Waals surface area contributed by atoms with Gasteiger partial charge in [-0.2, -0.15) is 4.90 Å². The van der Waals surface area contributed by atoms with E-state index in [1.54, 1.807) is 7.11 Å². The van der Waals surface area contributed by atoms with Gasteiger partial charge in [0.05, 0.1) is 13.2 Å². The number of nitrogen functional groups attached to an aromatic ring is 1. The molecule has 1 aliphatic rings. The lowest BCUT2D eigenvalue weighted by Crippen LogP contribution is -2.19. The number of fused-ring (bicyclic) bond motifs is 1. The van der Waals surface area contributed by atoms with Crippen LogP contribution in [0.2, 0.25) is 0 Å². The van der Waals surface area contributed by atoms with Crippen molar-refractivity contribution in [3.05, 3.63) is 30.0 Å². The largest absolute Gasteiger partial charge is 0.398 e. The number of hydrogen-bond acceptors (Lipinski definition) is 3. The summed E-state index contributed by atoms with van der Waals surface area (Å²) in [5.74, 6) is 0. The summed E-state index contributed by atoms with van der Waals surface area (Å²) in [6, 6.07) is 5.87. The lowest BCUT2D eigenvalue weighted by molar-refractivity contribution is 0.207. The SMILES string of the molecule is COCCN1[C+]=Cc2cc(N)ccc21. The molecule has 0 atom stereocenters. The summed E-state index contributed by atoms with van der Waals surface area (Å²) < 4.78 is 5.02. The summed E-state index contributed by atoms with van der Waals surface area (Å²) in [6.45, 7) is 1.52. The summed E-state index contributed by atoms with van der Waals surface area (Å²) in [5, 5.41) is 0. The topological polar surface area (TPSA) is 38.5 Å². The Balaban J connectivity index is 2.18. The van der Waals surface area contributed by atoms with Gasteiger partial charge < -0.3 is 10.5 Å². The standard InChI is InChI=1S/C11H13N2O/c1-14-7-6-13-5-4-9-8-10(12)2-3-11(9)13/h2-4,8H,6-7,12H2,1H3/q+1. The fraction of sp³-hybridized carbons (Fsp3) is 0.273. The minimum atomic E-state index is 0.699. The van der Waals surface area contributed by atoms with E-state index < -0.39 is 0 Å². The Bertz CT molecular complexity index is 360. The first kappa shape index (κ1) is 9.00. The Kier molecular flexibility index (Phi) is 2.35. The highest BCUT2D eigenvalue weighted by Gasteiger charge is 2.24. The van der Waals surface area contributed by atoms with Gasteiger partial charge in [0.2, 0.25) is 5.69 Å². The van der Waals surface area contributed by atoms with E-state index in [0.29, 0.717) is 6.61 Å². The number of hydrogen-bond donors (Lipinski definition) is 1. The van der Waals surface area contributed by atoms with Gasteiger partial charge in [-0.25, -0.2) is 0 Å². The zero-order valence-electron chi connectivity index (χ0n) is 8.16. The van der Waals surface area contributed by atoms with Crippen molar-refractivity contribution in [2.45, 2.75) is 0 Å². The van der Waals surface area contributed by atoms with Crippen LogP contribution in [0.3, 0.4) is 0 Å². The number of benzene rings is 1. The number of methoxy groups -OCH3 is 1. The van der Waals surface area contributed by atoms with Gasteiger partial charge >= 0.3 is 0 Å². The predicted molar refractivity (Wildman–Crippen MR) is 57.8 cm³/mol. The quantitative estimate of drug-likeness (QED) is 0.578. The fourth-order valence-corrected chi connectivity index (χ4v) is 1.52. The maximum Gasteiger partial charge on any atom is 0.201 e. The lowest BCUT2D eigenvalue weighted by atomic mass is 10.2. The molecule has 1 aromatic carbocycles. The van der Waals surface area contributed by atoms with Crippen LogP contribution in [0.15, 0.2) is 18.2 Å². The Morgan fingerprint density at radius 1 is 1.50 bits per heavy atom. The van der Waals surface area contributed by atoms with Crippen molar-refractivity contribution in [2.75, 3.05) is 30.9 Å². The molecular formula is C11H13N2O+.